The van der Waals surface area contributed by atoms with Crippen LogP contribution in [0, 0.1) is 5.92 Å². The SMILES string of the molecule is CS(=O)(=O)N[C@H]1CCN(Cc2ccncc2)C[C@H]1CO[C@H]1CC[C@@H](c2ccccc2)CC1. The second-order valence-electron chi connectivity index (χ2n) is 9.35. The molecular formula is C25H35N3O3S. The molecule has 1 aromatic carbocycles. The van der Waals surface area contributed by atoms with Crippen molar-refractivity contribution in [1.82, 2.24) is 14.6 Å². The Labute approximate surface area is 192 Å². The molecule has 0 spiro atoms. The molecule has 7 heteroatoms. The minimum absolute atomic E-state index is 0.0700. The summed E-state index contributed by atoms with van der Waals surface area (Å²) in [5.41, 5.74) is 2.66. The van der Waals surface area contributed by atoms with Gasteiger partial charge in [-0.3, -0.25) is 9.88 Å². The van der Waals surface area contributed by atoms with Gasteiger partial charge in [-0.15, -0.1) is 0 Å². The summed E-state index contributed by atoms with van der Waals surface area (Å²) in [5.74, 6) is 0.772. The lowest BCUT2D eigenvalue weighted by atomic mass is 9.82. The van der Waals surface area contributed by atoms with Gasteiger partial charge in [-0.2, -0.15) is 0 Å². The van der Waals surface area contributed by atoms with Gasteiger partial charge in [0.05, 0.1) is 19.0 Å². The molecule has 4 rings (SSSR count). The highest BCUT2D eigenvalue weighted by Gasteiger charge is 2.32. The van der Waals surface area contributed by atoms with Crippen molar-refractivity contribution >= 4 is 10.0 Å². The predicted octanol–water partition coefficient (Wildman–Crippen LogP) is 3.56. The molecule has 1 aromatic heterocycles. The van der Waals surface area contributed by atoms with Gasteiger partial charge < -0.3 is 4.74 Å². The largest absolute Gasteiger partial charge is 0.378 e. The molecule has 1 N–H and O–H groups in total. The van der Waals surface area contributed by atoms with Crippen LogP contribution < -0.4 is 4.72 Å². The van der Waals surface area contributed by atoms with E-state index in [4.69, 9.17) is 4.74 Å². The number of sulfonamides is 1. The first-order valence-electron chi connectivity index (χ1n) is 11.7. The molecule has 32 heavy (non-hydrogen) atoms. The number of rotatable bonds is 8. The van der Waals surface area contributed by atoms with E-state index in [0.717, 1.165) is 51.7 Å². The van der Waals surface area contributed by atoms with Gasteiger partial charge in [-0.05, 0) is 61.3 Å². The van der Waals surface area contributed by atoms with E-state index in [2.05, 4.69) is 44.9 Å². The predicted molar refractivity (Wildman–Crippen MR) is 127 cm³/mol. The molecule has 2 atom stereocenters. The molecule has 1 aliphatic heterocycles. The van der Waals surface area contributed by atoms with E-state index in [-0.39, 0.29) is 18.1 Å². The Morgan fingerprint density at radius 3 is 2.44 bits per heavy atom. The smallest absolute Gasteiger partial charge is 0.208 e. The molecule has 2 aromatic rings. The Hall–Kier alpha value is -1.80. The first kappa shape index (κ1) is 23.4. The van der Waals surface area contributed by atoms with Crippen LogP contribution in [0.15, 0.2) is 54.9 Å². The molecule has 2 aliphatic rings. The summed E-state index contributed by atoms with van der Waals surface area (Å²) < 4.78 is 33.1. The van der Waals surface area contributed by atoms with Crippen molar-refractivity contribution < 1.29 is 13.2 Å². The Morgan fingerprint density at radius 1 is 1.03 bits per heavy atom. The van der Waals surface area contributed by atoms with E-state index in [1.54, 1.807) is 0 Å². The van der Waals surface area contributed by atoms with Gasteiger partial charge in [0.2, 0.25) is 10.0 Å². The second-order valence-corrected chi connectivity index (χ2v) is 11.1. The minimum Gasteiger partial charge on any atom is -0.378 e. The van der Waals surface area contributed by atoms with Gasteiger partial charge in [0.25, 0.3) is 0 Å². The van der Waals surface area contributed by atoms with Crippen LogP contribution in [-0.4, -0.2) is 56.4 Å². The average molecular weight is 458 g/mol. The number of benzene rings is 1. The Bertz CT molecular complexity index is 931. The zero-order chi connectivity index (χ0) is 22.4. The molecule has 0 radical (unpaired) electrons. The summed E-state index contributed by atoms with van der Waals surface area (Å²) >= 11 is 0. The van der Waals surface area contributed by atoms with Crippen LogP contribution in [0.3, 0.4) is 0 Å². The molecule has 0 unspecified atom stereocenters. The third kappa shape index (κ3) is 6.85. The lowest BCUT2D eigenvalue weighted by molar-refractivity contribution is -0.0179. The molecule has 1 saturated carbocycles. The fourth-order valence-electron chi connectivity index (χ4n) is 5.14. The van der Waals surface area contributed by atoms with E-state index < -0.39 is 10.0 Å². The Balaban J connectivity index is 1.32. The maximum atomic E-state index is 11.9. The number of nitrogens with one attached hydrogen (secondary N) is 1. The zero-order valence-electron chi connectivity index (χ0n) is 18.9. The molecule has 2 fully saturated rings. The van der Waals surface area contributed by atoms with Gasteiger partial charge in [0, 0.05) is 44.0 Å². The molecule has 1 aliphatic carbocycles. The average Bonchev–Trinajstić information content (AvgIpc) is 2.80. The van der Waals surface area contributed by atoms with Crippen LogP contribution in [0.4, 0.5) is 0 Å². The van der Waals surface area contributed by atoms with Crippen molar-refractivity contribution in [3.63, 3.8) is 0 Å². The van der Waals surface area contributed by atoms with E-state index in [1.165, 1.54) is 17.4 Å². The lowest BCUT2D eigenvalue weighted by Crippen LogP contribution is -2.52. The normalized spacial score (nSPS) is 27.3. The fourth-order valence-corrected chi connectivity index (χ4v) is 6.00. The van der Waals surface area contributed by atoms with Crippen LogP contribution in [0.5, 0.6) is 0 Å². The summed E-state index contributed by atoms with van der Waals surface area (Å²) in [7, 11) is -3.25. The standard InChI is InChI=1S/C25H35N3O3S/c1-32(29,30)27-25-13-16-28(17-20-11-14-26-15-12-20)18-23(25)19-31-24-9-7-22(8-10-24)21-5-3-2-4-6-21/h2-6,11-12,14-15,22-25,27H,7-10,13,16-19H2,1H3/t22-,23-,24+,25-/m0/s1. The number of ether oxygens (including phenoxy) is 1. The first-order valence-corrected chi connectivity index (χ1v) is 13.6. The van der Waals surface area contributed by atoms with Crippen molar-refractivity contribution in [1.29, 1.82) is 0 Å². The van der Waals surface area contributed by atoms with Gasteiger partial charge in [0.1, 0.15) is 0 Å². The molecule has 2 heterocycles. The van der Waals surface area contributed by atoms with Crippen molar-refractivity contribution in [2.45, 2.75) is 56.7 Å². The van der Waals surface area contributed by atoms with Gasteiger partial charge in [-0.25, -0.2) is 13.1 Å². The summed E-state index contributed by atoms with van der Waals surface area (Å²) in [6.45, 7) is 3.15. The number of pyridine rings is 1. The van der Waals surface area contributed by atoms with E-state index >= 15 is 0 Å². The van der Waals surface area contributed by atoms with Crippen molar-refractivity contribution in [3.05, 3.63) is 66.0 Å². The first-order chi connectivity index (χ1) is 15.5. The number of nitrogens with zero attached hydrogens (tertiary/aromatic N) is 2. The molecule has 0 bridgehead atoms. The van der Waals surface area contributed by atoms with Gasteiger partial charge in [-0.1, -0.05) is 30.3 Å². The molecule has 0 amide bonds. The van der Waals surface area contributed by atoms with Crippen LogP contribution >= 0.6 is 0 Å². The van der Waals surface area contributed by atoms with E-state index in [0.29, 0.717) is 12.5 Å². The highest BCUT2D eigenvalue weighted by Crippen LogP contribution is 2.34. The summed E-state index contributed by atoms with van der Waals surface area (Å²) in [4.78, 5) is 6.50. The van der Waals surface area contributed by atoms with E-state index in [9.17, 15) is 8.42 Å². The van der Waals surface area contributed by atoms with Crippen LogP contribution in [0.1, 0.15) is 49.1 Å². The topological polar surface area (TPSA) is 71.5 Å². The third-order valence-corrected chi connectivity index (χ3v) is 7.56. The van der Waals surface area contributed by atoms with E-state index in [1.807, 2.05) is 24.5 Å². The lowest BCUT2D eigenvalue weighted by Gasteiger charge is -2.39. The second kappa shape index (κ2) is 10.9. The molecule has 174 valence electrons. The maximum Gasteiger partial charge on any atom is 0.208 e. The van der Waals surface area contributed by atoms with Gasteiger partial charge >= 0.3 is 0 Å². The maximum absolute atomic E-state index is 11.9. The number of aromatic nitrogens is 1. The highest BCUT2D eigenvalue weighted by atomic mass is 32.2. The van der Waals surface area contributed by atoms with Gasteiger partial charge in [0.15, 0.2) is 0 Å². The Kier molecular flexibility index (Phi) is 7.94. The van der Waals surface area contributed by atoms with Crippen LogP contribution in [0.25, 0.3) is 0 Å². The number of likely N-dealkylation sites (tertiary alicyclic amines) is 1. The summed E-state index contributed by atoms with van der Waals surface area (Å²) in [5, 5.41) is 0. The molecular weight excluding hydrogens is 422 g/mol. The number of hydrogen-bond acceptors (Lipinski definition) is 5. The molecule has 6 nitrogen and oxygen atoms in total. The Morgan fingerprint density at radius 2 is 1.75 bits per heavy atom. The summed E-state index contributed by atoms with van der Waals surface area (Å²) in [6.07, 6.45) is 10.4. The van der Waals surface area contributed by atoms with Crippen molar-refractivity contribution in [2.75, 3.05) is 26.0 Å². The van der Waals surface area contributed by atoms with Crippen molar-refractivity contribution in [2.24, 2.45) is 5.92 Å². The van der Waals surface area contributed by atoms with Crippen molar-refractivity contribution in [3.8, 4) is 0 Å². The van der Waals surface area contributed by atoms with Crippen LogP contribution in [-0.2, 0) is 21.3 Å². The highest BCUT2D eigenvalue weighted by molar-refractivity contribution is 7.88. The summed E-state index contributed by atoms with van der Waals surface area (Å²) in [6, 6.07) is 14.8. The quantitative estimate of drug-likeness (QED) is 0.656. The number of piperidine rings is 1. The number of hydrogen-bond donors (Lipinski definition) is 1. The minimum atomic E-state index is -3.25. The zero-order valence-corrected chi connectivity index (χ0v) is 19.7. The monoisotopic (exact) mass is 457 g/mol. The molecule has 1 saturated heterocycles. The third-order valence-electron chi connectivity index (χ3n) is 6.83. The van der Waals surface area contributed by atoms with Crippen LogP contribution in [0.2, 0.25) is 0 Å². The fraction of sp³-hybridized carbons (Fsp3) is 0.560.